The Morgan fingerprint density at radius 1 is 1.04 bits per heavy atom. The molecule has 1 aliphatic heterocycles. The summed E-state index contributed by atoms with van der Waals surface area (Å²) in [6.07, 6.45) is 6.38. The molecule has 1 aliphatic carbocycles. The fourth-order valence-corrected chi connectivity index (χ4v) is 4.14. The van der Waals surface area contributed by atoms with Crippen LogP contribution in [0.4, 0.5) is 0 Å². The third kappa shape index (κ3) is 3.26. The molecule has 2 aliphatic rings. The van der Waals surface area contributed by atoms with Gasteiger partial charge in [-0.25, -0.2) is 4.98 Å². The average molecular weight is 377 g/mol. The van der Waals surface area contributed by atoms with Crippen molar-refractivity contribution in [1.82, 2.24) is 25.6 Å². The van der Waals surface area contributed by atoms with Crippen LogP contribution in [-0.4, -0.2) is 44.9 Å². The minimum Gasteiger partial charge on any atom is -0.471 e. The van der Waals surface area contributed by atoms with Crippen molar-refractivity contribution in [2.45, 2.75) is 44.6 Å². The van der Waals surface area contributed by atoms with Crippen molar-refractivity contribution in [3.63, 3.8) is 0 Å². The number of rotatable bonds is 4. The molecule has 7 nitrogen and oxygen atoms in total. The van der Waals surface area contributed by atoms with Crippen LogP contribution < -0.4 is 4.74 Å². The zero-order valence-electron chi connectivity index (χ0n) is 15.7. The molecule has 1 atom stereocenters. The molecule has 28 heavy (non-hydrogen) atoms. The van der Waals surface area contributed by atoms with Gasteiger partial charge in [0.15, 0.2) is 0 Å². The first kappa shape index (κ1) is 17.3. The van der Waals surface area contributed by atoms with Gasteiger partial charge in [0.05, 0.1) is 18.8 Å². The van der Waals surface area contributed by atoms with Crippen LogP contribution >= 0.6 is 0 Å². The van der Waals surface area contributed by atoms with E-state index in [1.165, 1.54) is 12.0 Å². The normalized spacial score (nSPS) is 19.2. The third-order valence-electron chi connectivity index (χ3n) is 5.49. The number of nitrogens with zero attached hydrogens (tertiary/aromatic N) is 4. The van der Waals surface area contributed by atoms with Crippen molar-refractivity contribution in [2.24, 2.45) is 0 Å². The van der Waals surface area contributed by atoms with Gasteiger partial charge in [0.1, 0.15) is 6.10 Å². The number of hydrogen-bond donors (Lipinski definition) is 1. The molecule has 1 saturated heterocycles. The number of pyridine rings is 1. The summed E-state index contributed by atoms with van der Waals surface area (Å²) in [6, 6.07) is 10.4. The average Bonchev–Trinajstić information content (AvgIpc) is 3.39. The minimum absolute atomic E-state index is 0.00519. The summed E-state index contributed by atoms with van der Waals surface area (Å²) in [7, 11) is 0. The predicted molar refractivity (Wildman–Crippen MR) is 104 cm³/mol. The molecule has 0 saturated carbocycles. The van der Waals surface area contributed by atoms with Gasteiger partial charge in [0.25, 0.3) is 0 Å². The van der Waals surface area contributed by atoms with Gasteiger partial charge in [0.2, 0.25) is 11.7 Å². The molecule has 144 valence electrons. The Morgan fingerprint density at radius 2 is 1.93 bits per heavy atom. The van der Waals surface area contributed by atoms with Crippen LogP contribution in [0.3, 0.4) is 0 Å². The molecule has 7 heteroatoms. The highest BCUT2D eigenvalue weighted by Crippen LogP contribution is 2.42. The van der Waals surface area contributed by atoms with Gasteiger partial charge in [-0.1, -0.05) is 36.8 Å². The largest absolute Gasteiger partial charge is 0.471 e. The fourth-order valence-electron chi connectivity index (χ4n) is 4.14. The molecule has 0 bridgehead atoms. The zero-order chi connectivity index (χ0) is 18.8. The number of H-pyrrole nitrogens is 1. The second kappa shape index (κ2) is 7.67. The van der Waals surface area contributed by atoms with E-state index in [4.69, 9.17) is 14.5 Å². The summed E-state index contributed by atoms with van der Waals surface area (Å²) in [5.41, 5.74) is 5.52. The number of fused-ring (bicyclic) bond motifs is 1. The van der Waals surface area contributed by atoms with Crippen LogP contribution in [0.1, 0.15) is 36.9 Å². The van der Waals surface area contributed by atoms with Crippen molar-refractivity contribution in [1.29, 1.82) is 0 Å². The van der Waals surface area contributed by atoms with Gasteiger partial charge < -0.3 is 9.47 Å². The number of nitrogens with one attached hydrogen (secondary N) is 1. The van der Waals surface area contributed by atoms with Crippen molar-refractivity contribution in [3.8, 4) is 28.4 Å². The minimum atomic E-state index is 0.00519. The molecule has 0 unspecified atom stereocenters. The first-order chi connectivity index (χ1) is 13.9. The number of aryl methyl sites for hydroxylation is 1. The van der Waals surface area contributed by atoms with E-state index in [0.29, 0.717) is 18.3 Å². The van der Waals surface area contributed by atoms with E-state index in [2.05, 4.69) is 44.9 Å². The van der Waals surface area contributed by atoms with E-state index in [1.54, 1.807) is 0 Å². The van der Waals surface area contributed by atoms with Gasteiger partial charge in [0, 0.05) is 17.7 Å². The van der Waals surface area contributed by atoms with Crippen molar-refractivity contribution < 1.29 is 9.47 Å². The van der Waals surface area contributed by atoms with E-state index in [-0.39, 0.29) is 6.10 Å². The van der Waals surface area contributed by atoms with E-state index >= 15 is 0 Å². The summed E-state index contributed by atoms with van der Waals surface area (Å²) in [5, 5.41) is 14.9. The monoisotopic (exact) mass is 377 g/mol. The molecule has 5 rings (SSSR count). The first-order valence-electron chi connectivity index (χ1n) is 9.99. The maximum atomic E-state index is 6.34. The number of aromatic nitrogens is 5. The van der Waals surface area contributed by atoms with Crippen LogP contribution in [0.5, 0.6) is 5.88 Å². The van der Waals surface area contributed by atoms with Crippen LogP contribution in [0.15, 0.2) is 30.3 Å². The number of tetrazole rings is 1. The Balaban J connectivity index is 1.75. The summed E-state index contributed by atoms with van der Waals surface area (Å²) < 4.78 is 11.8. The Labute approximate surface area is 163 Å². The molecule has 1 fully saturated rings. The highest BCUT2D eigenvalue weighted by Gasteiger charge is 2.28. The lowest BCUT2D eigenvalue weighted by atomic mass is 9.91. The maximum absolute atomic E-state index is 6.34. The second-order valence-corrected chi connectivity index (χ2v) is 7.36. The van der Waals surface area contributed by atoms with Gasteiger partial charge in [-0.15, -0.1) is 10.2 Å². The number of aromatic amines is 1. The topological polar surface area (TPSA) is 85.8 Å². The van der Waals surface area contributed by atoms with E-state index in [1.807, 2.05) is 6.07 Å². The van der Waals surface area contributed by atoms with Gasteiger partial charge >= 0.3 is 0 Å². The van der Waals surface area contributed by atoms with Crippen LogP contribution in [0.2, 0.25) is 0 Å². The molecular weight excluding hydrogens is 354 g/mol. The number of hydrogen-bond acceptors (Lipinski definition) is 6. The molecule has 0 spiro atoms. The summed E-state index contributed by atoms with van der Waals surface area (Å²) in [6.45, 7) is 1.31. The maximum Gasteiger partial charge on any atom is 0.226 e. The van der Waals surface area contributed by atoms with E-state index < -0.39 is 0 Å². The lowest BCUT2D eigenvalue weighted by Gasteiger charge is -2.21. The Bertz CT molecular complexity index is 937. The third-order valence-corrected chi connectivity index (χ3v) is 5.49. The Morgan fingerprint density at radius 3 is 2.71 bits per heavy atom. The van der Waals surface area contributed by atoms with Crippen LogP contribution in [0, 0.1) is 0 Å². The molecular formula is C21H23N5O2. The SMILES string of the molecule is c1ccc(-c2c3c(nc(O[C@H]4CCOC4)c2-c2nn[nH]n2)CCCCC3)cc1. The predicted octanol–water partition coefficient (Wildman–Crippen LogP) is 3.37. The van der Waals surface area contributed by atoms with Crippen molar-refractivity contribution in [2.75, 3.05) is 13.2 Å². The van der Waals surface area contributed by atoms with E-state index in [9.17, 15) is 0 Å². The second-order valence-electron chi connectivity index (χ2n) is 7.36. The smallest absolute Gasteiger partial charge is 0.226 e. The number of ether oxygens (including phenoxy) is 2. The molecule has 2 aromatic heterocycles. The summed E-state index contributed by atoms with van der Waals surface area (Å²) >= 11 is 0. The van der Waals surface area contributed by atoms with Crippen molar-refractivity contribution >= 4 is 0 Å². The molecule has 3 heterocycles. The van der Waals surface area contributed by atoms with Gasteiger partial charge in [-0.3, -0.25) is 0 Å². The molecule has 1 aromatic carbocycles. The highest BCUT2D eigenvalue weighted by molar-refractivity contribution is 5.86. The number of benzene rings is 1. The highest BCUT2D eigenvalue weighted by atomic mass is 16.5. The molecule has 3 aromatic rings. The van der Waals surface area contributed by atoms with E-state index in [0.717, 1.165) is 61.1 Å². The first-order valence-corrected chi connectivity index (χ1v) is 9.99. The Hall–Kier alpha value is -2.80. The standard InChI is InChI=1S/C21H23N5O2/c1-3-7-14(8-4-1)18-16-9-5-2-6-10-17(16)22-21(28-15-11-12-27-13-15)19(18)20-23-25-26-24-20/h1,3-4,7-8,15H,2,5-6,9-13H2,(H,23,24,25,26)/t15-/m0/s1. The van der Waals surface area contributed by atoms with Crippen molar-refractivity contribution in [3.05, 3.63) is 41.6 Å². The lowest BCUT2D eigenvalue weighted by Crippen LogP contribution is -2.18. The van der Waals surface area contributed by atoms with Gasteiger partial charge in [-0.2, -0.15) is 5.21 Å². The molecule has 0 amide bonds. The van der Waals surface area contributed by atoms with Gasteiger partial charge in [-0.05, 0) is 42.0 Å². The summed E-state index contributed by atoms with van der Waals surface area (Å²) in [5.74, 6) is 1.11. The zero-order valence-corrected chi connectivity index (χ0v) is 15.7. The quantitative estimate of drug-likeness (QED) is 0.702. The van der Waals surface area contributed by atoms with Crippen LogP contribution in [0.25, 0.3) is 22.5 Å². The van der Waals surface area contributed by atoms with Crippen LogP contribution in [-0.2, 0) is 17.6 Å². The summed E-state index contributed by atoms with van der Waals surface area (Å²) in [4.78, 5) is 4.98. The molecule has 0 radical (unpaired) electrons. The lowest BCUT2D eigenvalue weighted by molar-refractivity contribution is 0.138. The Kier molecular flexibility index (Phi) is 4.74. The molecule has 1 N–H and O–H groups in total. The fraction of sp³-hybridized carbons (Fsp3) is 0.429.